The van der Waals surface area contributed by atoms with Crippen LogP contribution < -0.4 is 0 Å². The largest absolute Gasteiger partial charge is 0.697 e. The second-order valence-electron chi connectivity index (χ2n) is 3.14. The number of hydrogen-bond acceptors (Lipinski definition) is 5. The van der Waals surface area contributed by atoms with Crippen molar-refractivity contribution in [1.82, 2.24) is 0 Å². The first-order chi connectivity index (χ1) is 8.38. The molecule has 0 heterocycles. The molecule has 1 rings (SSSR count). The molecule has 1 atom stereocenters. The molecule has 18 heavy (non-hydrogen) atoms. The molecule has 0 aromatic heterocycles. The summed E-state index contributed by atoms with van der Waals surface area (Å²) in [6.45, 7) is 0.709. The van der Waals surface area contributed by atoms with Gasteiger partial charge in [-0.15, -0.1) is 4.89 Å². The van der Waals surface area contributed by atoms with Crippen LogP contribution in [0.3, 0.4) is 0 Å². The Kier molecular flexibility index (Phi) is 5.30. The van der Waals surface area contributed by atoms with Crippen LogP contribution in [0, 0.1) is 5.82 Å². The van der Waals surface area contributed by atoms with Gasteiger partial charge in [0.1, 0.15) is 10.7 Å². The molecule has 100 valence electrons. The summed E-state index contributed by atoms with van der Waals surface area (Å²) < 4.78 is 55.5. The Bertz CT molecular complexity index is 544. The molecule has 0 fully saturated rings. The lowest BCUT2D eigenvalue weighted by Crippen LogP contribution is -2.12. The van der Waals surface area contributed by atoms with Crippen molar-refractivity contribution in [2.45, 2.75) is 18.2 Å². The van der Waals surface area contributed by atoms with E-state index in [1.165, 1.54) is 12.1 Å². The summed E-state index contributed by atoms with van der Waals surface area (Å²) in [5, 5.41) is 0. The lowest BCUT2D eigenvalue weighted by atomic mass is 10.2. The average Bonchev–Trinajstić information content (AvgIpc) is 2.27. The molecule has 0 aliphatic heterocycles. The number of aryl methyl sites for hydroxylation is 1. The maximum atomic E-state index is 13.5. The highest BCUT2D eigenvalue weighted by atomic mass is 32.2. The highest BCUT2D eigenvalue weighted by Crippen LogP contribution is 2.23. The van der Waals surface area contributed by atoms with E-state index in [1.807, 2.05) is 0 Å². The molecule has 1 aromatic rings. The van der Waals surface area contributed by atoms with Crippen molar-refractivity contribution in [1.29, 1.82) is 0 Å². The minimum Gasteiger partial charge on any atom is -0.232 e. The van der Waals surface area contributed by atoms with Crippen molar-refractivity contribution in [3.63, 3.8) is 0 Å². The van der Waals surface area contributed by atoms with Crippen molar-refractivity contribution < 1.29 is 31.0 Å². The highest BCUT2D eigenvalue weighted by molar-refractivity contribution is 7.86. The summed E-state index contributed by atoms with van der Waals surface area (Å²) >= 11 is 0. The van der Waals surface area contributed by atoms with E-state index in [-0.39, 0.29) is 5.56 Å². The molecular formula is C9H11FO6PS+. The molecule has 1 aromatic carbocycles. The third kappa shape index (κ3) is 3.79. The first-order valence-corrected chi connectivity index (χ1v) is 7.38. The maximum absolute atomic E-state index is 13.5. The van der Waals surface area contributed by atoms with Crippen LogP contribution in [0.5, 0.6) is 0 Å². The van der Waals surface area contributed by atoms with E-state index in [4.69, 9.17) is 4.89 Å². The molecule has 0 aliphatic carbocycles. The lowest BCUT2D eigenvalue weighted by molar-refractivity contribution is 0.120. The zero-order valence-electron chi connectivity index (χ0n) is 9.37. The standard InChI is InChI=1S/C9H10FO6PS/c1-2-7-4-3-5-8(10)9(7)18(13,14)16-6-15-17(11)12/h3-5H,2,6H2,1H3/p+1. The van der Waals surface area contributed by atoms with E-state index >= 15 is 0 Å². The zero-order chi connectivity index (χ0) is 13.8. The van der Waals surface area contributed by atoms with Crippen LogP contribution in [0.2, 0.25) is 0 Å². The Morgan fingerprint density at radius 3 is 2.67 bits per heavy atom. The summed E-state index contributed by atoms with van der Waals surface area (Å²) in [5.74, 6) is -0.942. The fraction of sp³-hybridized carbons (Fsp3) is 0.333. The van der Waals surface area contributed by atoms with Crippen molar-refractivity contribution in [2.75, 3.05) is 6.79 Å². The minimum atomic E-state index is -4.37. The summed E-state index contributed by atoms with van der Waals surface area (Å²) in [6.07, 6.45) is 0.296. The van der Waals surface area contributed by atoms with Crippen LogP contribution in [0.1, 0.15) is 12.5 Å². The van der Waals surface area contributed by atoms with Gasteiger partial charge >= 0.3 is 18.4 Å². The summed E-state index contributed by atoms with van der Waals surface area (Å²) in [7, 11) is -7.34. The summed E-state index contributed by atoms with van der Waals surface area (Å²) in [5.41, 5.74) is 0.253. The predicted octanol–water partition coefficient (Wildman–Crippen LogP) is 1.72. The van der Waals surface area contributed by atoms with Crippen LogP contribution in [-0.2, 0) is 29.8 Å². The summed E-state index contributed by atoms with van der Waals surface area (Å²) in [4.78, 5) is 7.73. The van der Waals surface area contributed by atoms with E-state index in [0.717, 1.165) is 6.07 Å². The van der Waals surface area contributed by atoms with Gasteiger partial charge in [0.15, 0.2) is 0 Å². The van der Waals surface area contributed by atoms with Crippen LogP contribution in [0.15, 0.2) is 23.1 Å². The second kappa shape index (κ2) is 6.31. The predicted molar refractivity (Wildman–Crippen MR) is 59.8 cm³/mol. The number of halogens is 1. The van der Waals surface area contributed by atoms with Crippen molar-refractivity contribution in [2.24, 2.45) is 0 Å². The smallest absolute Gasteiger partial charge is 0.232 e. The van der Waals surface area contributed by atoms with Gasteiger partial charge in [-0.3, -0.25) is 0 Å². The highest BCUT2D eigenvalue weighted by Gasteiger charge is 2.25. The van der Waals surface area contributed by atoms with E-state index in [1.54, 1.807) is 6.92 Å². The maximum Gasteiger partial charge on any atom is 0.697 e. The Balaban J connectivity index is 3.01. The van der Waals surface area contributed by atoms with E-state index in [0.29, 0.717) is 6.42 Å². The third-order valence-corrected chi connectivity index (χ3v) is 3.74. The van der Waals surface area contributed by atoms with Gasteiger partial charge in [-0.25, -0.2) is 8.57 Å². The fourth-order valence-corrected chi connectivity index (χ4v) is 2.65. The topological polar surface area (TPSA) is 89.9 Å². The van der Waals surface area contributed by atoms with Crippen LogP contribution in [0.4, 0.5) is 4.39 Å². The molecule has 9 heteroatoms. The Morgan fingerprint density at radius 2 is 2.11 bits per heavy atom. The molecule has 1 unspecified atom stereocenters. The normalized spacial score (nSPS) is 12.5. The minimum absolute atomic E-state index is 0.253. The molecular weight excluding hydrogens is 286 g/mol. The van der Waals surface area contributed by atoms with Crippen LogP contribution in [-0.4, -0.2) is 20.1 Å². The molecule has 1 N–H and O–H groups in total. The average molecular weight is 297 g/mol. The van der Waals surface area contributed by atoms with Crippen LogP contribution >= 0.6 is 8.25 Å². The molecule has 0 bridgehead atoms. The fourth-order valence-electron chi connectivity index (χ4n) is 1.30. The molecule has 0 spiro atoms. The molecule has 0 aliphatic rings. The molecule has 0 radical (unpaired) electrons. The Hall–Kier alpha value is -0.920. The van der Waals surface area contributed by atoms with E-state index in [2.05, 4.69) is 8.71 Å². The van der Waals surface area contributed by atoms with Gasteiger partial charge < -0.3 is 0 Å². The van der Waals surface area contributed by atoms with Crippen molar-refractivity contribution in [3.8, 4) is 0 Å². The van der Waals surface area contributed by atoms with Gasteiger partial charge in [-0.1, -0.05) is 23.6 Å². The summed E-state index contributed by atoms with van der Waals surface area (Å²) in [6, 6.07) is 3.82. The third-order valence-electron chi connectivity index (χ3n) is 2.05. The molecule has 0 amide bonds. The zero-order valence-corrected chi connectivity index (χ0v) is 11.1. The Labute approximate surface area is 104 Å². The molecule has 0 saturated heterocycles. The first kappa shape index (κ1) is 15.1. The van der Waals surface area contributed by atoms with Crippen LogP contribution in [0.25, 0.3) is 0 Å². The van der Waals surface area contributed by atoms with Gasteiger partial charge in [0, 0.05) is 4.57 Å². The Morgan fingerprint density at radius 1 is 1.44 bits per heavy atom. The van der Waals surface area contributed by atoms with Gasteiger partial charge in [0.05, 0.1) is 0 Å². The quantitative estimate of drug-likeness (QED) is 0.488. The van der Waals surface area contributed by atoms with E-state index in [9.17, 15) is 17.4 Å². The number of benzene rings is 1. The van der Waals surface area contributed by atoms with E-state index < -0.39 is 35.9 Å². The van der Waals surface area contributed by atoms with Crippen molar-refractivity contribution in [3.05, 3.63) is 29.6 Å². The van der Waals surface area contributed by atoms with Gasteiger partial charge in [-0.05, 0) is 18.1 Å². The monoisotopic (exact) mass is 297 g/mol. The van der Waals surface area contributed by atoms with Gasteiger partial charge in [0.25, 0.3) is 0 Å². The second-order valence-corrected chi connectivity index (χ2v) is 5.42. The first-order valence-electron chi connectivity index (χ1n) is 4.84. The van der Waals surface area contributed by atoms with Gasteiger partial charge in [0.2, 0.25) is 6.79 Å². The molecule has 0 saturated carbocycles. The SMILES string of the molecule is CCc1cccc(F)c1S(=O)(=O)OCO[P+](=O)O. The number of hydrogen-bond donors (Lipinski definition) is 1. The lowest BCUT2D eigenvalue weighted by Gasteiger charge is -2.08. The van der Waals surface area contributed by atoms with Gasteiger partial charge in [-0.2, -0.15) is 8.42 Å². The van der Waals surface area contributed by atoms with Crippen molar-refractivity contribution >= 4 is 18.4 Å². The molecule has 6 nitrogen and oxygen atoms in total. The number of rotatable bonds is 6.